The van der Waals surface area contributed by atoms with Gasteiger partial charge in [0.15, 0.2) is 6.29 Å². The lowest BCUT2D eigenvalue weighted by Crippen LogP contribution is -2.31. The van der Waals surface area contributed by atoms with Crippen LogP contribution in [0.15, 0.2) is 72.8 Å². The number of hydrogen-bond donors (Lipinski definition) is 5. The topological polar surface area (TPSA) is 137 Å². The van der Waals surface area contributed by atoms with E-state index in [-0.39, 0.29) is 37.7 Å². The van der Waals surface area contributed by atoms with E-state index < -0.39 is 12.2 Å². The van der Waals surface area contributed by atoms with Crippen molar-refractivity contribution in [1.29, 1.82) is 0 Å². The molecule has 1 saturated heterocycles. The number of ether oxygens (including phenoxy) is 2. The lowest BCUT2D eigenvalue weighted by Gasteiger charge is -2.36. The van der Waals surface area contributed by atoms with Crippen molar-refractivity contribution >= 4 is 23.6 Å². The molecule has 0 unspecified atom stereocenters. The Balaban J connectivity index is 1.39. The Labute approximate surface area is 262 Å². The van der Waals surface area contributed by atoms with Crippen molar-refractivity contribution in [3.63, 3.8) is 0 Å². The van der Waals surface area contributed by atoms with Gasteiger partial charge in [-0.05, 0) is 40.7 Å². The van der Waals surface area contributed by atoms with Crippen LogP contribution in [0.25, 0.3) is 11.1 Å². The Morgan fingerprint density at radius 2 is 1.55 bits per heavy atom. The Morgan fingerprint density at radius 3 is 2.25 bits per heavy atom. The summed E-state index contributed by atoms with van der Waals surface area (Å²) in [5, 5.41) is 30.2. The molecule has 1 aliphatic heterocycles. The molecular weight excluding hydrogens is 580 g/mol. The van der Waals surface area contributed by atoms with Gasteiger partial charge in [0.05, 0.1) is 25.4 Å². The van der Waals surface area contributed by atoms with Crippen molar-refractivity contribution in [3.8, 4) is 11.1 Å². The van der Waals surface area contributed by atoms with Crippen molar-refractivity contribution < 1.29 is 34.5 Å². The van der Waals surface area contributed by atoms with Crippen LogP contribution in [0.4, 0.5) is 0 Å². The van der Waals surface area contributed by atoms with Crippen LogP contribution in [-0.2, 0) is 32.2 Å². The molecule has 1 heterocycles. The third-order valence-corrected chi connectivity index (χ3v) is 8.65. The van der Waals surface area contributed by atoms with E-state index in [2.05, 4.69) is 5.32 Å². The third kappa shape index (κ3) is 10.2. The molecule has 0 aromatic heterocycles. The van der Waals surface area contributed by atoms with Crippen molar-refractivity contribution in [3.05, 3.63) is 95.1 Å². The van der Waals surface area contributed by atoms with E-state index in [0.717, 1.165) is 45.6 Å². The van der Waals surface area contributed by atoms with E-state index >= 15 is 0 Å². The first kappa shape index (κ1) is 33.6. The predicted molar refractivity (Wildman–Crippen MR) is 170 cm³/mol. The van der Waals surface area contributed by atoms with E-state index in [0.29, 0.717) is 38.0 Å². The first-order valence-corrected chi connectivity index (χ1v) is 16.2. The predicted octanol–water partition coefficient (Wildman–Crippen LogP) is 5.19. The number of unbranched alkanes of at least 4 members (excludes halogenated alkanes) is 2. The number of thioether (sulfide) groups is 1. The van der Waals surface area contributed by atoms with Gasteiger partial charge in [-0.25, -0.2) is 5.48 Å². The van der Waals surface area contributed by atoms with E-state index in [1.54, 1.807) is 17.2 Å². The summed E-state index contributed by atoms with van der Waals surface area (Å²) in [4.78, 5) is 23.5. The van der Waals surface area contributed by atoms with Gasteiger partial charge >= 0.3 is 0 Å². The zero-order valence-corrected chi connectivity index (χ0v) is 25.6. The van der Waals surface area contributed by atoms with Crippen LogP contribution in [-0.4, -0.2) is 51.5 Å². The number of aliphatic hydroxyl groups is 2. The molecule has 3 atom stereocenters. The van der Waals surface area contributed by atoms with Crippen molar-refractivity contribution in [2.45, 2.75) is 70.2 Å². The molecule has 1 fully saturated rings. The summed E-state index contributed by atoms with van der Waals surface area (Å²) in [6, 6.07) is 23.9. The molecule has 2 amide bonds. The van der Waals surface area contributed by atoms with Crippen LogP contribution in [0.3, 0.4) is 0 Å². The highest BCUT2D eigenvalue weighted by Gasteiger charge is 2.32. The number of hydrogen-bond acceptors (Lipinski definition) is 8. The van der Waals surface area contributed by atoms with Crippen LogP contribution in [0.1, 0.15) is 73.2 Å². The van der Waals surface area contributed by atoms with Crippen LogP contribution in [0.5, 0.6) is 0 Å². The Bertz CT molecular complexity index is 1320. The summed E-state index contributed by atoms with van der Waals surface area (Å²) in [7, 11) is 0. The highest BCUT2D eigenvalue weighted by molar-refractivity contribution is 7.99. The molecule has 0 saturated carbocycles. The highest BCUT2D eigenvalue weighted by atomic mass is 32.2. The number of hydroxylamine groups is 1. The monoisotopic (exact) mass is 622 g/mol. The summed E-state index contributed by atoms with van der Waals surface area (Å²) < 4.78 is 12.8. The molecule has 3 aromatic carbocycles. The van der Waals surface area contributed by atoms with E-state index in [1.807, 2.05) is 72.8 Å². The van der Waals surface area contributed by atoms with Gasteiger partial charge in [0.2, 0.25) is 11.8 Å². The zero-order chi connectivity index (χ0) is 31.1. The Kier molecular flexibility index (Phi) is 13.7. The SMILES string of the molecule is O=C(CCCCCC(=O)NCc1ccccc1-c1ccc([C@@H]2O[C@H](CSCCO)C[C@H](c3ccc(CO)cc3)O2)cc1)NO. The number of amides is 2. The van der Waals surface area contributed by atoms with Crippen LogP contribution in [0.2, 0.25) is 0 Å². The third-order valence-electron chi connectivity index (χ3n) is 7.57. The number of nitrogens with one attached hydrogen (secondary N) is 2. The Morgan fingerprint density at radius 1 is 0.841 bits per heavy atom. The van der Waals surface area contributed by atoms with Crippen molar-refractivity contribution in [1.82, 2.24) is 10.8 Å². The maximum Gasteiger partial charge on any atom is 0.243 e. The minimum absolute atomic E-state index is 0.00510. The summed E-state index contributed by atoms with van der Waals surface area (Å²) in [5.74, 6) is 0.954. The number of carbonyl (C=O) groups excluding carboxylic acids is 2. The number of rotatable bonds is 16. The second kappa shape index (κ2) is 17.9. The van der Waals surface area contributed by atoms with Gasteiger partial charge in [-0.1, -0.05) is 79.2 Å². The van der Waals surface area contributed by atoms with Gasteiger partial charge in [-0.2, -0.15) is 11.8 Å². The van der Waals surface area contributed by atoms with Crippen LogP contribution in [0, 0.1) is 0 Å². The molecule has 0 aliphatic carbocycles. The first-order valence-electron chi connectivity index (χ1n) is 15.1. The maximum atomic E-state index is 12.4. The lowest BCUT2D eigenvalue weighted by atomic mass is 9.97. The van der Waals surface area contributed by atoms with Gasteiger partial charge in [-0.3, -0.25) is 14.8 Å². The molecule has 0 bridgehead atoms. The Hall–Kier alpha value is -3.25. The molecule has 236 valence electrons. The van der Waals surface area contributed by atoms with E-state index in [4.69, 9.17) is 14.7 Å². The molecule has 10 heteroatoms. The highest BCUT2D eigenvalue weighted by Crippen LogP contribution is 2.39. The van der Waals surface area contributed by atoms with Gasteiger partial charge in [-0.15, -0.1) is 0 Å². The lowest BCUT2D eigenvalue weighted by molar-refractivity contribution is -0.245. The molecular formula is C34H42N2O7S. The fourth-order valence-electron chi connectivity index (χ4n) is 5.16. The zero-order valence-electron chi connectivity index (χ0n) is 24.8. The standard InChI is InChI=1S/C34H42N2O7S/c37-18-19-44-23-29-20-31(26-12-10-24(22-38)11-13-26)43-34(42-29)27-16-14-25(15-17-27)30-7-5-4-6-28(30)21-35-32(39)8-2-1-3-9-33(40)36-41/h4-7,10-17,29,31,34,37-38,41H,1-3,8-9,18-23H2,(H,35,39)(H,36,40)/t29-,31+,34+/m0/s1. The van der Waals surface area contributed by atoms with E-state index in [1.165, 1.54) is 0 Å². The summed E-state index contributed by atoms with van der Waals surface area (Å²) in [6.07, 6.45) is 2.60. The smallest absolute Gasteiger partial charge is 0.243 e. The first-order chi connectivity index (χ1) is 21.5. The number of aliphatic hydroxyl groups excluding tert-OH is 2. The largest absolute Gasteiger partial charge is 0.396 e. The summed E-state index contributed by atoms with van der Waals surface area (Å²) in [5.41, 5.74) is 7.46. The quantitative estimate of drug-likeness (QED) is 0.0837. The van der Waals surface area contributed by atoms with E-state index in [9.17, 15) is 19.8 Å². The number of benzene rings is 3. The molecule has 44 heavy (non-hydrogen) atoms. The summed E-state index contributed by atoms with van der Waals surface area (Å²) in [6.45, 7) is 0.528. The fourth-order valence-corrected chi connectivity index (χ4v) is 5.94. The van der Waals surface area contributed by atoms with Crippen LogP contribution >= 0.6 is 11.8 Å². The normalized spacial score (nSPS) is 18.1. The molecule has 9 nitrogen and oxygen atoms in total. The van der Waals surface area contributed by atoms with Gasteiger partial charge in [0.1, 0.15) is 0 Å². The molecule has 3 aromatic rings. The van der Waals surface area contributed by atoms with Crippen LogP contribution < -0.4 is 10.8 Å². The molecule has 5 N–H and O–H groups in total. The fraction of sp³-hybridized carbons (Fsp3) is 0.412. The molecule has 1 aliphatic rings. The minimum Gasteiger partial charge on any atom is -0.396 e. The van der Waals surface area contributed by atoms with Gasteiger partial charge < -0.3 is 25.0 Å². The van der Waals surface area contributed by atoms with Gasteiger partial charge in [0.25, 0.3) is 0 Å². The van der Waals surface area contributed by atoms with Crippen molar-refractivity contribution in [2.75, 3.05) is 18.1 Å². The molecule has 0 radical (unpaired) electrons. The molecule has 0 spiro atoms. The summed E-state index contributed by atoms with van der Waals surface area (Å²) >= 11 is 1.66. The molecule has 4 rings (SSSR count). The minimum atomic E-state index is -0.549. The second-order valence-corrected chi connectivity index (χ2v) is 12.0. The second-order valence-electron chi connectivity index (χ2n) is 10.8. The average molecular weight is 623 g/mol. The maximum absolute atomic E-state index is 12.4. The average Bonchev–Trinajstić information content (AvgIpc) is 3.07. The number of carbonyl (C=O) groups is 2. The van der Waals surface area contributed by atoms with Gasteiger partial charge in [0, 0.05) is 42.9 Å². The van der Waals surface area contributed by atoms with Crippen molar-refractivity contribution in [2.24, 2.45) is 0 Å².